The highest BCUT2D eigenvalue weighted by atomic mass is 16.5. The summed E-state index contributed by atoms with van der Waals surface area (Å²) in [5.74, 6) is 0.475. The van der Waals surface area contributed by atoms with Crippen molar-refractivity contribution < 1.29 is 4.74 Å². The molecule has 1 N–H and O–H groups in total. The molecule has 1 saturated heterocycles. The van der Waals surface area contributed by atoms with Crippen LogP contribution in [0.25, 0.3) is 11.0 Å². The third kappa shape index (κ3) is 5.70. The minimum absolute atomic E-state index is 0.0181. The van der Waals surface area contributed by atoms with E-state index in [1.165, 1.54) is 44.9 Å². The highest BCUT2D eigenvalue weighted by Crippen LogP contribution is 2.29. The van der Waals surface area contributed by atoms with Crippen molar-refractivity contribution in [2.45, 2.75) is 83.2 Å². The summed E-state index contributed by atoms with van der Waals surface area (Å²) < 4.78 is 7.45. The molecule has 1 aliphatic carbocycles. The molecule has 32 heavy (non-hydrogen) atoms. The number of nitrogens with one attached hydrogen (secondary N) is 1. The molecule has 1 aliphatic heterocycles. The van der Waals surface area contributed by atoms with Crippen LogP contribution in [0.3, 0.4) is 0 Å². The summed E-state index contributed by atoms with van der Waals surface area (Å²) in [6.07, 6.45) is 12.6. The number of likely N-dealkylation sites (tertiary alicyclic amines) is 1. The van der Waals surface area contributed by atoms with Crippen LogP contribution in [0.4, 0.5) is 5.82 Å². The van der Waals surface area contributed by atoms with Gasteiger partial charge in [-0.15, -0.1) is 0 Å². The lowest BCUT2D eigenvalue weighted by Gasteiger charge is -2.39. The molecule has 6 heteroatoms. The van der Waals surface area contributed by atoms with E-state index in [1.54, 1.807) is 0 Å². The van der Waals surface area contributed by atoms with Crippen LogP contribution in [0.5, 0.6) is 0 Å². The van der Waals surface area contributed by atoms with Gasteiger partial charge < -0.3 is 19.5 Å². The highest BCUT2D eigenvalue weighted by molar-refractivity contribution is 5.76. The zero-order valence-corrected chi connectivity index (χ0v) is 19.7. The van der Waals surface area contributed by atoms with Crippen molar-refractivity contribution in [2.24, 2.45) is 0 Å². The normalized spacial score (nSPS) is 19.7. The van der Waals surface area contributed by atoms with Crippen LogP contribution in [0.15, 0.2) is 29.1 Å². The Morgan fingerprint density at radius 1 is 1.00 bits per heavy atom. The van der Waals surface area contributed by atoms with Gasteiger partial charge in [-0.1, -0.05) is 44.2 Å². The quantitative estimate of drug-likeness (QED) is 0.586. The Morgan fingerprint density at radius 3 is 2.47 bits per heavy atom. The third-order valence-corrected chi connectivity index (χ3v) is 7.21. The Kier molecular flexibility index (Phi) is 8.57. The number of ether oxygens (including phenoxy) is 1. The molecule has 4 rings (SSSR count). The standard InChI is InChI=1S/C26H40N4O2/c1-2-32-20-10-17-27-25-26(31)30(24-14-9-8-13-23(24)28-25)22-15-18-29(19-16-22)21-11-6-4-3-5-7-12-21/h8-9,13-14,21-22H,2-7,10-12,15-20H2,1H3,(H,27,28). The summed E-state index contributed by atoms with van der Waals surface area (Å²) in [7, 11) is 0. The number of hydrogen-bond donors (Lipinski definition) is 1. The zero-order chi connectivity index (χ0) is 22.2. The summed E-state index contributed by atoms with van der Waals surface area (Å²) in [5, 5.41) is 3.28. The highest BCUT2D eigenvalue weighted by Gasteiger charge is 2.28. The van der Waals surface area contributed by atoms with Gasteiger partial charge in [0.1, 0.15) is 0 Å². The summed E-state index contributed by atoms with van der Waals surface area (Å²) in [6, 6.07) is 9.05. The SMILES string of the molecule is CCOCCCNc1nc2ccccc2n(C2CCN(C3CCCCCCC3)CC2)c1=O. The first-order valence-corrected chi connectivity index (χ1v) is 12.8. The van der Waals surface area contributed by atoms with Crippen LogP contribution in [-0.2, 0) is 4.74 Å². The largest absolute Gasteiger partial charge is 0.382 e. The second-order valence-corrected chi connectivity index (χ2v) is 9.37. The second-order valence-electron chi connectivity index (χ2n) is 9.37. The van der Waals surface area contributed by atoms with E-state index in [0.717, 1.165) is 56.0 Å². The molecular weight excluding hydrogens is 400 g/mol. The maximum atomic E-state index is 13.5. The lowest BCUT2D eigenvalue weighted by molar-refractivity contribution is 0.116. The third-order valence-electron chi connectivity index (χ3n) is 7.21. The Hall–Kier alpha value is -1.92. The second kappa shape index (κ2) is 11.8. The molecular formula is C26H40N4O2. The first-order valence-electron chi connectivity index (χ1n) is 12.8. The Labute approximate surface area is 192 Å². The molecule has 176 valence electrons. The predicted molar refractivity (Wildman–Crippen MR) is 132 cm³/mol. The number of benzene rings is 1. The molecule has 2 fully saturated rings. The molecule has 2 aromatic rings. The number of aromatic nitrogens is 2. The lowest BCUT2D eigenvalue weighted by atomic mass is 9.93. The summed E-state index contributed by atoms with van der Waals surface area (Å²) in [5.41, 5.74) is 1.87. The number of para-hydroxylation sites is 2. The minimum atomic E-state index is 0.0181. The van der Waals surface area contributed by atoms with Gasteiger partial charge in [-0.25, -0.2) is 4.98 Å². The maximum Gasteiger partial charge on any atom is 0.294 e. The summed E-state index contributed by atoms with van der Waals surface area (Å²) in [6.45, 7) is 6.30. The Bertz CT molecular complexity index is 896. The predicted octanol–water partition coefficient (Wildman–Crippen LogP) is 4.98. The minimum Gasteiger partial charge on any atom is -0.382 e. The summed E-state index contributed by atoms with van der Waals surface area (Å²) >= 11 is 0. The van der Waals surface area contributed by atoms with E-state index in [0.29, 0.717) is 19.0 Å². The van der Waals surface area contributed by atoms with Crippen LogP contribution >= 0.6 is 0 Å². The van der Waals surface area contributed by atoms with E-state index in [-0.39, 0.29) is 11.6 Å². The van der Waals surface area contributed by atoms with E-state index in [4.69, 9.17) is 4.74 Å². The molecule has 2 heterocycles. The van der Waals surface area contributed by atoms with E-state index < -0.39 is 0 Å². The number of piperidine rings is 1. The van der Waals surface area contributed by atoms with Gasteiger partial charge in [0.15, 0.2) is 5.82 Å². The van der Waals surface area contributed by atoms with Gasteiger partial charge in [-0.05, 0) is 51.2 Å². The van der Waals surface area contributed by atoms with Crippen molar-refractivity contribution in [1.29, 1.82) is 0 Å². The molecule has 0 bridgehead atoms. The van der Waals surface area contributed by atoms with Crippen LogP contribution in [0.1, 0.15) is 77.2 Å². The van der Waals surface area contributed by atoms with Crippen molar-refractivity contribution >= 4 is 16.9 Å². The summed E-state index contributed by atoms with van der Waals surface area (Å²) in [4.78, 5) is 20.8. The van der Waals surface area contributed by atoms with Crippen molar-refractivity contribution in [1.82, 2.24) is 14.5 Å². The van der Waals surface area contributed by atoms with Gasteiger partial charge in [0, 0.05) is 44.9 Å². The van der Waals surface area contributed by atoms with Gasteiger partial charge in [-0.3, -0.25) is 4.79 Å². The first kappa shape index (κ1) is 23.2. The molecule has 1 saturated carbocycles. The molecule has 6 nitrogen and oxygen atoms in total. The van der Waals surface area contributed by atoms with Crippen LogP contribution in [0, 0.1) is 0 Å². The smallest absolute Gasteiger partial charge is 0.294 e. The molecule has 0 amide bonds. The lowest BCUT2D eigenvalue weighted by Crippen LogP contribution is -2.43. The molecule has 2 aliphatic rings. The topological polar surface area (TPSA) is 59.4 Å². The van der Waals surface area contributed by atoms with Gasteiger partial charge in [0.2, 0.25) is 0 Å². The Balaban J connectivity index is 1.48. The number of rotatable bonds is 8. The van der Waals surface area contributed by atoms with Crippen LogP contribution in [0.2, 0.25) is 0 Å². The first-order chi connectivity index (χ1) is 15.8. The van der Waals surface area contributed by atoms with E-state index in [9.17, 15) is 4.79 Å². The maximum absolute atomic E-state index is 13.5. The van der Waals surface area contributed by atoms with Crippen LogP contribution in [-0.4, -0.2) is 53.3 Å². The van der Waals surface area contributed by atoms with E-state index in [2.05, 4.69) is 15.2 Å². The monoisotopic (exact) mass is 440 g/mol. The molecule has 1 aromatic carbocycles. The fourth-order valence-corrected chi connectivity index (χ4v) is 5.47. The number of anilines is 1. The molecule has 1 aromatic heterocycles. The van der Waals surface area contributed by atoms with Crippen molar-refractivity contribution in [3.8, 4) is 0 Å². The molecule has 0 unspecified atom stereocenters. The van der Waals surface area contributed by atoms with Gasteiger partial charge in [0.25, 0.3) is 5.56 Å². The van der Waals surface area contributed by atoms with Crippen molar-refractivity contribution in [3.63, 3.8) is 0 Å². The average Bonchev–Trinajstić information content (AvgIpc) is 2.79. The van der Waals surface area contributed by atoms with Gasteiger partial charge in [0.05, 0.1) is 11.0 Å². The fraction of sp³-hybridized carbons (Fsp3) is 0.692. The fourth-order valence-electron chi connectivity index (χ4n) is 5.47. The van der Waals surface area contributed by atoms with E-state index in [1.807, 2.05) is 35.8 Å². The van der Waals surface area contributed by atoms with Crippen molar-refractivity contribution in [3.05, 3.63) is 34.6 Å². The zero-order valence-electron chi connectivity index (χ0n) is 19.7. The van der Waals surface area contributed by atoms with Crippen LogP contribution < -0.4 is 10.9 Å². The Morgan fingerprint density at radius 2 is 1.72 bits per heavy atom. The van der Waals surface area contributed by atoms with Gasteiger partial charge in [-0.2, -0.15) is 0 Å². The number of nitrogens with zero attached hydrogens (tertiary/aromatic N) is 3. The number of hydrogen-bond acceptors (Lipinski definition) is 5. The van der Waals surface area contributed by atoms with Gasteiger partial charge >= 0.3 is 0 Å². The molecule has 0 radical (unpaired) electrons. The molecule has 0 spiro atoms. The molecule has 0 atom stereocenters. The van der Waals surface area contributed by atoms with Crippen molar-refractivity contribution in [2.75, 3.05) is 38.2 Å². The average molecular weight is 441 g/mol. The number of fused-ring (bicyclic) bond motifs is 1. The van der Waals surface area contributed by atoms with E-state index >= 15 is 0 Å².